The molecule has 0 aliphatic rings. The lowest BCUT2D eigenvalue weighted by molar-refractivity contribution is -0.161. The Kier molecular flexibility index (Phi) is 72.6. The molecule has 17 nitrogen and oxygen atoms in total. The molecule has 0 bridgehead atoms. The van der Waals surface area contributed by atoms with Gasteiger partial charge < -0.3 is 33.8 Å². The van der Waals surface area contributed by atoms with E-state index < -0.39 is 97.5 Å². The minimum atomic E-state index is -5.02. The van der Waals surface area contributed by atoms with Crippen LogP contribution in [0.2, 0.25) is 0 Å². The highest BCUT2D eigenvalue weighted by Gasteiger charge is 2.30. The van der Waals surface area contributed by atoms with E-state index in [0.29, 0.717) is 25.7 Å². The van der Waals surface area contributed by atoms with Gasteiger partial charge >= 0.3 is 39.5 Å². The van der Waals surface area contributed by atoms with E-state index in [1.807, 2.05) is 12.2 Å². The molecule has 0 amide bonds. The molecule has 3 N–H and O–H groups in total. The molecule has 0 aromatic rings. The van der Waals surface area contributed by atoms with Crippen molar-refractivity contribution in [3.63, 3.8) is 0 Å². The maximum absolute atomic E-state index is 13.1. The molecule has 19 heteroatoms. The minimum Gasteiger partial charge on any atom is -0.462 e. The number of ether oxygens (including phenoxy) is 4. The third-order valence-corrected chi connectivity index (χ3v) is 17.5. The molecule has 0 fully saturated rings. The Morgan fingerprint density at radius 1 is 0.274 bits per heavy atom. The van der Waals surface area contributed by atoms with Crippen LogP contribution in [0.1, 0.15) is 272 Å². The smallest absolute Gasteiger partial charge is 0.462 e. The van der Waals surface area contributed by atoms with Gasteiger partial charge in [-0.1, -0.05) is 280 Å². The summed E-state index contributed by atoms with van der Waals surface area (Å²) in [6.07, 6.45) is 94.4. The van der Waals surface area contributed by atoms with Crippen molar-refractivity contribution < 1.29 is 80.2 Å². The van der Waals surface area contributed by atoms with E-state index in [1.165, 1.54) is 0 Å². The Balaban J connectivity index is 5.49. The Hall–Kier alpha value is -6.10. The number of rotatable bonds is 72. The number of hydrogen-bond donors (Lipinski definition) is 3. The van der Waals surface area contributed by atoms with Crippen molar-refractivity contribution in [2.24, 2.45) is 0 Å². The van der Waals surface area contributed by atoms with Crippen LogP contribution in [0.4, 0.5) is 0 Å². The molecule has 0 radical (unpaired) electrons. The molecule has 0 saturated carbocycles. The summed E-state index contributed by atoms with van der Waals surface area (Å²) in [6, 6.07) is 0. The van der Waals surface area contributed by atoms with E-state index >= 15 is 0 Å². The molecule has 0 heterocycles. The van der Waals surface area contributed by atoms with E-state index in [-0.39, 0.29) is 25.7 Å². The number of carbonyl (C=O) groups excluding carboxylic acids is 4. The van der Waals surface area contributed by atoms with Gasteiger partial charge in [0.25, 0.3) is 0 Å². The number of phosphoric ester groups is 2. The van der Waals surface area contributed by atoms with Crippen molar-refractivity contribution in [3.05, 3.63) is 194 Å². The Morgan fingerprint density at radius 2 is 0.500 bits per heavy atom. The second kappa shape index (κ2) is 77.1. The number of phosphoric acid groups is 2. The van der Waals surface area contributed by atoms with Crippen molar-refractivity contribution in [1.82, 2.24) is 0 Å². The highest BCUT2D eigenvalue weighted by atomic mass is 31.2. The summed E-state index contributed by atoms with van der Waals surface area (Å²) < 4.78 is 68.4. The van der Waals surface area contributed by atoms with Gasteiger partial charge in [-0.2, -0.15) is 0 Å². The summed E-state index contributed by atoms with van der Waals surface area (Å²) >= 11 is 0. The molecule has 0 rings (SSSR count). The van der Waals surface area contributed by atoms with Crippen molar-refractivity contribution in [2.45, 2.75) is 290 Å². The van der Waals surface area contributed by atoms with E-state index in [2.05, 4.69) is 198 Å². The van der Waals surface area contributed by atoms with Crippen LogP contribution < -0.4 is 0 Å². The molecule has 0 spiro atoms. The van der Waals surface area contributed by atoms with E-state index in [0.717, 1.165) is 193 Å². The van der Waals surface area contributed by atoms with E-state index in [9.17, 15) is 43.2 Å². The van der Waals surface area contributed by atoms with Crippen LogP contribution >= 0.6 is 15.6 Å². The van der Waals surface area contributed by atoms with Crippen LogP contribution in [0.5, 0.6) is 0 Å². The van der Waals surface area contributed by atoms with Gasteiger partial charge in [-0.05, 0) is 161 Å². The molecular formula is C87H138O17P2. The highest BCUT2D eigenvalue weighted by Crippen LogP contribution is 2.45. The van der Waals surface area contributed by atoms with Gasteiger partial charge in [0, 0.05) is 19.3 Å². The number of aliphatic hydroxyl groups excluding tert-OH is 1. The molecular weight excluding hydrogens is 1380 g/mol. The summed E-state index contributed by atoms with van der Waals surface area (Å²) in [5, 5.41) is 10.6. The lowest BCUT2D eigenvalue weighted by Gasteiger charge is -2.21. The lowest BCUT2D eigenvalue weighted by atomic mass is 10.1. The lowest BCUT2D eigenvalue weighted by Crippen LogP contribution is -2.30. The summed E-state index contributed by atoms with van der Waals surface area (Å²) in [6.45, 7) is 4.21. The van der Waals surface area contributed by atoms with Gasteiger partial charge in [0.15, 0.2) is 12.2 Å². The first-order valence-electron chi connectivity index (χ1n) is 39.7. The zero-order valence-electron chi connectivity index (χ0n) is 65.3. The van der Waals surface area contributed by atoms with Gasteiger partial charge in [0.1, 0.15) is 19.3 Å². The van der Waals surface area contributed by atoms with Gasteiger partial charge in [-0.3, -0.25) is 37.3 Å². The Labute approximate surface area is 640 Å². The van der Waals surface area contributed by atoms with Crippen molar-refractivity contribution in [3.8, 4) is 0 Å². The van der Waals surface area contributed by atoms with Crippen molar-refractivity contribution >= 4 is 39.5 Å². The fraction of sp³-hybridized carbons (Fsp3) is 0.586. The number of unbranched alkanes of at least 4 members (excludes halogenated alkanes) is 15. The molecule has 598 valence electrons. The molecule has 0 aliphatic heterocycles. The summed E-state index contributed by atoms with van der Waals surface area (Å²) in [5.74, 6) is -2.40. The third-order valence-electron chi connectivity index (χ3n) is 15.6. The predicted octanol–water partition coefficient (Wildman–Crippen LogP) is 23.3. The number of hydrogen-bond acceptors (Lipinski definition) is 15. The van der Waals surface area contributed by atoms with E-state index in [1.54, 1.807) is 12.2 Å². The predicted molar refractivity (Wildman–Crippen MR) is 436 cm³/mol. The first kappa shape index (κ1) is 99.9. The SMILES string of the molecule is CC/C=C\C/C=C\C/C=C\C/C=C\C/C=C\CC(=O)OC(COC(=O)CCCCCC/C=C\C/C=C\C/C=C\C/C=C\CC)COP(=O)(O)OCC(O)COP(=O)(O)OCC(COC(=O)CCCCCCCC/C=C\C/C=C\C/C=C\C/C=C\CC)OC(=O)CCCCCCC/C=C\C/C=C\C/C=C\CC. The first-order chi connectivity index (χ1) is 51.7. The van der Waals surface area contributed by atoms with E-state index in [4.69, 9.17) is 37.0 Å². The summed E-state index contributed by atoms with van der Waals surface area (Å²) in [4.78, 5) is 73.0. The van der Waals surface area contributed by atoms with Crippen molar-refractivity contribution in [1.29, 1.82) is 0 Å². The molecule has 0 aromatic carbocycles. The Morgan fingerprint density at radius 3 is 0.792 bits per heavy atom. The normalized spacial score (nSPS) is 14.9. The summed E-state index contributed by atoms with van der Waals surface area (Å²) in [5.41, 5.74) is 0. The average molecular weight is 1520 g/mol. The number of carbonyl (C=O) groups is 4. The fourth-order valence-corrected chi connectivity index (χ4v) is 11.3. The third kappa shape index (κ3) is 76.1. The van der Waals surface area contributed by atoms with Crippen LogP contribution in [0, 0.1) is 0 Å². The zero-order chi connectivity index (χ0) is 77.4. The van der Waals surface area contributed by atoms with Gasteiger partial charge in [0.2, 0.25) is 0 Å². The van der Waals surface area contributed by atoms with Crippen LogP contribution in [0.15, 0.2) is 194 Å². The average Bonchev–Trinajstić information content (AvgIpc) is 0.902. The second-order valence-corrected chi connectivity index (χ2v) is 28.4. The highest BCUT2D eigenvalue weighted by molar-refractivity contribution is 7.47. The molecule has 0 aliphatic carbocycles. The van der Waals surface area contributed by atoms with Crippen LogP contribution in [-0.4, -0.2) is 96.7 Å². The molecule has 0 saturated heterocycles. The second-order valence-electron chi connectivity index (χ2n) is 25.5. The van der Waals surface area contributed by atoms with Crippen LogP contribution in [0.3, 0.4) is 0 Å². The Bertz CT molecular complexity index is 2780. The number of esters is 4. The molecule has 5 unspecified atom stereocenters. The van der Waals surface area contributed by atoms with Crippen molar-refractivity contribution in [2.75, 3.05) is 39.6 Å². The monoisotopic (exact) mass is 1520 g/mol. The standard InChI is InChI=1S/C87H138O17P2/c1-5-9-13-17-21-25-29-33-37-39-40-42-46-48-52-56-60-64-68-72-85(90)98-78-83(104-87(92)74-70-66-62-58-54-50-44-36-32-28-24-20-16-12-8-4)80-102-106(95,96)100-76-81(88)75-99-105(93,94)101-79-82(103-86(91)73-69-65-61-57-53-49-43-35-31-27-23-19-15-11-7-3)77-97-84(89)71-67-63-59-55-51-47-45-41-38-34-30-26-22-18-14-10-6-2/h9-16,21-28,33-38,40,42-45,47,53,57,65,69,81-83,88H,5-8,17-20,29-32,39,41,46,48-52,54-56,58-64,66-68,70-80H2,1-4H3,(H,93,94)(H,95,96)/b13-9-,14-10-,15-11-,16-12-,25-21-,26-22-,27-23-,28-24-,37-33-,38-34-,42-40-,43-35-,44-36-,47-45-,57-53-,69-65-. The number of aliphatic hydroxyl groups is 1. The topological polar surface area (TPSA) is 237 Å². The zero-order valence-corrected chi connectivity index (χ0v) is 67.1. The van der Waals surface area contributed by atoms with Crippen LogP contribution in [-0.2, 0) is 65.4 Å². The van der Waals surface area contributed by atoms with Gasteiger partial charge in [0.05, 0.1) is 32.8 Å². The van der Waals surface area contributed by atoms with Gasteiger partial charge in [-0.25, -0.2) is 9.13 Å². The largest absolute Gasteiger partial charge is 0.472 e. The van der Waals surface area contributed by atoms with Crippen LogP contribution in [0.25, 0.3) is 0 Å². The quantitative estimate of drug-likeness (QED) is 0.0169. The maximum atomic E-state index is 13.1. The molecule has 0 aromatic heterocycles. The molecule has 106 heavy (non-hydrogen) atoms. The minimum absolute atomic E-state index is 0.0613. The van der Waals surface area contributed by atoms with Gasteiger partial charge in [-0.15, -0.1) is 0 Å². The fourth-order valence-electron chi connectivity index (χ4n) is 9.70. The number of allylic oxidation sites excluding steroid dienone is 31. The first-order valence-corrected chi connectivity index (χ1v) is 42.7. The maximum Gasteiger partial charge on any atom is 0.472 e. The molecule has 5 atom stereocenters. The summed E-state index contributed by atoms with van der Waals surface area (Å²) in [7, 11) is -10.0.